The van der Waals surface area contributed by atoms with Crippen LogP contribution in [0.25, 0.3) is 0 Å². The Labute approximate surface area is 85.8 Å². The van der Waals surface area contributed by atoms with E-state index in [0.717, 1.165) is 23.2 Å². The van der Waals surface area contributed by atoms with Gasteiger partial charge in [0.05, 0.1) is 0 Å². The van der Waals surface area contributed by atoms with Gasteiger partial charge in [-0.1, -0.05) is 20.8 Å². The second-order valence-electron chi connectivity index (χ2n) is 4.46. The van der Waals surface area contributed by atoms with Crippen LogP contribution in [0.15, 0.2) is 12.1 Å². The molecule has 0 fully saturated rings. The van der Waals surface area contributed by atoms with Crippen LogP contribution in [-0.2, 0) is 5.41 Å². The lowest BCUT2D eigenvalue weighted by Gasteiger charge is -2.25. The van der Waals surface area contributed by atoms with E-state index >= 15 is 0 Å². The lowest BCUT2D eigenvalue weighted by molar-refractivity contribution is 0.428. The molecule has 0 amide bonds. The molecular formula is C12H19NO. The number of phenolic OH excluding ortho intramolecular Hbond substituents is 1. The molecule has 0 atom stereocenters. The third kappa shape index (κ3) is 1.84. The van der Waals surface area contributed by atoms with Crippen molar-refractivity contribution in [2.45, 2.75) is 39.5 Å². The van der Waals surface area contributed by atoms with Crippen LogP contribution in [0.3, 0.4) is 0 Å². The van der Waals surface area contributed by atoms with E-state index < -0.39 is 0 Å². The Bertz CT molecular complexity index is 342. The average Bonchev–Trinajstić information content (AvgIpc) is 2.11. The second kappa shape index (κ2) is 3.52. The number of phenols is 1. The maximum atomic E-state index is 9.83. The second-order valence-corrected chi connectivity index (χ2v) is 4.46. The van der Waals surface area contributed by atoms with Gasteiger partial charge in [-0.25, -0.2) is 0 Å². The first-order chi connectivity index (χ1) is 6.38. The van der Waals surface area contributed by atoms with Crippen LogP contribution in [0.5, 0.6) is 5.75 Å². The van der Waals surface area contributed by atoms with Gasteiger partial charge in [-0.3, -0.25) is 0 Å². The molecule has 14 heavy (non-hydrogen) atoms. The Morgan fingerprint density at radius 3 is 2.43 bits per heavy atom. The summed E-state index contributed by atoms with van der Waals surface area (Å²) in [4.78, 5) is 0. The van der Waals surface area contributed by atoms with Crippen LogP contribution in [-0.4, -0.2) is 5.11 Å². The highest BCUT2D eigenvalue weighted by Crippen LogP contribution is 2.35. The summed E-state index contributed by atoms with van der Waals surface area (Å²) in [7, 11) is 0. The van der Waals surface area contributed by atoms with Crippen molar-refractivity contribution in [3.8, 4) is 5.75 Å². The predicted molar refractivity (Wildman–Crippen MR) is 60.6 cm³/mol. The standard InChI is InChI=1S/C12H19NO/c1-5-12(3,4)9-7-10(13)8(2)6-11(9)14/h6-7,14H,5,13H2,1-4H3. The molecule has 0 spiro atoms. The number of rotatable bonds is 2. The Morgan fingerprint density at radius 2 is 1.93 bits per heavy atom. The molecule has 2 heteroatoms. The molecule has 0 aliphatic rings. The lowest BCUT2D eigenvalue weighted by Crippen LogP contribution is -2.16. The van der Waals surface area contributed by atoms with Gasteiger partial charge in [0.15, 0.2) is 0 Å². The van der Waals surface area contributed by atoms with Crippen LogP contribution >= 0.6 is 0 Å². The van der Waals surface area contributed by atoms with E-state index in [9.17, 15) is 5.11 Å². The molecule has 0 saturated heterocycles. The highest BCUT2D eigenvalue weighted by atomic mass is 16.3. The fourth-order valence-electron chi connectivity index (χ4n) is 1.44. The van der Waals surface area contributed by atoms with Gasteiger partial charge in [-0.2, -0.15) is 0 Å². The van der Waals surface area contributed by atoms with Crippen LogP contribution < -0.4 is 5.73 Å². The zero-order valence-corrected chi connectivity index (χ0v) is 9.39. The average molecular weight is 193 g/mol. The minimum Gasteiger partial charge on any atom is -0.508 e. The number of benzene rings is 1. The van der Waals surface area contributed by atoms with Gasteiger partial charge < -0.3 is 10.8 Å². The first-order valence-corrected chi connectivity index (χ1v) is 4.98. The summed E-state index contributed by atoms with van der Waals surface area (Å²) < 4.78 is 0. The summed E-state index contributed by atoms with van der Waals surface area (Å²) >= 11 is 0. The summed E-state index contributed by atoms with van der Waals surface area (Å²) in [5, 5.41) is 9.83. The van der Waals surface area contributed by atoms with Crippen LogP contribution in [0.2, 0.25) is 0 Å². The van der Waals surface area contributed by atoms with E-state index in [4.69, 9.17) is 5.73 Å². The normalized spacial score (nSPS) is 11.7. The Morgan fingerprint density at radius 1 is 1.36 bits per heavy atom. The minimum absolute atomic E-state index is 0.0219. The van der Waals surface area contributed by atoms with Gasteiger partial charge in [0.25, 0.3) is 0 Å². The van der Waals surface area contributed by atoms with E-state index in [1.807, 2.05) is 13.0 Å². The van der Waals surface area contributed by atoms with Crippen molar-refractivity contribution in [3.63, 3.8) is 0 Å². The monoisotopic (exact) mass is 193 g/mol. The van der Waals surface area contributed by atoms with Gasteiger partial charge in [-0.05, 0) is 36.5 Å². The van der Waals surface area contributed by atoms with Gasteiger partial charge >= 0.3 is 0 Å². The molecule has 0 radical (unpaired) electrons. The molecule has 78 valence electrons. The molecule has 0 unspecified atom stereocenters. The maximum absolute atomic E-state index is 9.83. The van der Waals surface area contributed by atoms with Crippen molar-refractivity contribution in [1.82, 2.24) is 0 Å². The van der Waals surface area contributed by atoms with Crippen molar-refractivity contribution < 1.29 is 5.11 Å². The zero-order valence-electron chi connectivity index (χ0n) is 9.39. The molecule has 0 aliphatic carbocycles. The Kier molecular flexibility index (Phi) is 2.74. The molecular weight excluding hydrogens is 174 g/mol. The largest absolute Gasteiger partial charge is 0.508 e. The number of aromatic hydroxyl groups is 1. The number of nitrogens with two attached hydrogens (primary N) is 1. The van der Waals surface area contributed by atoms with Crippen molar-refractivity contribution >= 4 is 5.69 Å². The molecule has 1 aromatic carbocycles. The highest BCUT2D eigenvalue weighted by molar-refractivity contribution is 5.55. The van der Waals surface area contributed by atoms with E-state index in [1.165, 1.54) is 0 Å². The zero-order chi connectivity index (χ0) is 10.9. The quantitative estimate of drug-likeness (QED) is 0.560. The molecule has 2 nitrogen and oxygen atoms in total. The summed E-state index contributed by atoms with van der Waals surface area (Å²) in [6, 6.07) is 3.62. The highest BCUT2D eigenvalue weighted by Gasteiger charge is 2.22. The number of aryl methyl sites for hydroxylation is 1. The Balaban J connectivity index is 3.29. The molecule has 0 aliphatic heterocycles. The smallest absolute Gasteiger partial charge is 0.119 e. The first kappa shape index (κ1) is 10.9. The molecule has 1 aromatic rings. The van der Waals surface area contributed by atoms with Gasteiger partial charge in [0.2, 0.25) is 0 Å². The van der Waals surface area contributed by atoms with Crippen LogP contribution in [0.1, 0.15) is 38.3 Å². The third-order valence-corrected chi connectivity index (χ3v) is 3.00. The van der Waals surface area contributed by atoms with E-state index in [-0.39, 0.29) is 5.41 Å². The maximum Gasteiger partial charge on any atom is 0.119 e. The van der Waals surface area contributed by atoms with Gasteiger partial charge in [-0.15, -0.1) is 0 Å². The van der Waals surface area contributed by atoms with Crippen molar-refractivity contribution in [3.05, 3.63) is 23.3 Å². The summed E-state index contributed by atoms with van der Waals surface area (Å²) in [5.74, 6) is 0.351. The van der Waals surface area contributed by atoms with Crippen LogP contribution in [0.4, 0.5) is 5.69 Å². The van der Waals surface area contributed by atoms with E-state index in [0.29, 0.717) is 5.75 Å². The van der Waals surface area contributed by atoms with E-state index in [2.05, 4.69) is 20.8 Å². The molecule has 3 N–H and O–H groups in total. The SMILES string of the molecule is CCC(C)(C)c1cc(N)c(C)cc1O. The summed E-state index contributed by atoms with van der Waals surface area (Å²) in [6.45, 7) is 8.22. The van der Waals surface area contributed by atoms with E-state index in [1.54, 1.807) is 6.07 Å². The Hall–Kier alpha value is -1.18. The summed E-state index contributed by atoms with van der Waals surface area (Å²) in [5.41, 5.74) is 8.42. The van der Waals surface area contributed by atoms with Crippen molar-refractivity contribution in [1.29, 1.82) is 0 Å². The lowest BCUT2D eigenvalue weighted by atomic mass is 9.81. The molecule has 0 saturated carbocycles. The van der Waals surface area contributed by atoms with Crippen LogP contribution in [0, 0.1) is 6.92 Å². The molecule has 0 heterocycles. The fourth-order valence-corrected chi connectivity index (χ4v) is 1.44. The van der Waals surface area contributed by atoms with Crippen molar-refractivity contribution in [2.24, 2.45) is 0 Å². The molecule has 1 rings (SSSR count). The fraction of sp³-hybridized carbons (Fsp3) is 0.500. The molecule has 0 aromatic heterocycles. The topological polar surface area (TPSA) is 46.2 Å². The number of hydrogen-bond donors (Lipinski definition) is 2. The number of anilines is 1. The van der Waals surface area contributed by atoms with Gasteiger partial charge in [0.1, 0.15) is 5.75 Å². The predicted octanol–water partition coefficient (Wildman–Crippen LogP) is 2.97. The van der Waals surface area contributed by atoms with Gasteiger partial charge in [0, 0.05) is 11.3 Å². The van der Waals surface area contributed by atoms with Crippen molar-refractivity contribution in [2.75, 3.05) is 5.73 Å². The summed E-state index contributed by atoms with van der Waals surface area (Å²) in [6.07, 6.45) is 0.975. The third-order valence-electron chi connectivity index (χ3n) is 3.00. The number of hydrogen-bond acceptors (Lipinski definition) is 2. The first-order valence-electron chi connectivity index (χ1n) is 4.98. The molecule has 0 bridgehead atoms. The minimum atomic E-state index is -0.0219. The number of nitrogen functional groups attached to an aromatic ring is 1.